The molecular weight excluding hydrogens is 382 g/mol. The number of nitrogen functional groups attached to an aromatic ring is 1. The van der Waals surface area contributed by atoms with Gasteiger partial charge in [0, 0.05) is 17.4 Å². The number of hydrogen-bond donors (Lipinski definition) is 3. The zero-order valence-electron chi connectivity index (χ0n) is 15.7. The number of nitrogens with zero attached hydrogens (tertiary/aromatic N) is 3. The van der Waals surface area contributed by atoms with Gasteiger partial charge in [-0.1, -0.05) is 17.3 Å². The third-order valence-corrected chi connectivity index (χ3v) is 4.34. The summed E-state index contributed by atoms with van der Waals surface area (Å²) < 4.78 is 27.3. The van der Waals surface area contributed by atoms with Crippen molar-refractivity contribution in [2.75, 3.05) is 16.4 Å². The number of amides is 2. The molecule has 10 heteroatoms. The van der Waals surface area contributed by atoms with Crippen LogP contribution in [0.15, 0.2) is 36.4 Å². The Kier molecular flexibility index (Phi) is 5.53. The van der Waals surface area contributed by atoms with E-state index in [4.69, 9.17) is 5.73 Å². The van der Waals surface area contributed by atoms with Gasteiger partial charge in [0.25, 0.3) is 5.91 Å². The topological polar surface area (TPSA) is 115 Å². The number of nitrogens with one attached hydrogen (secondary N) is 2. The molecule has 8 nitrogen and oxygen atoms in total. The monoisotopic (exact) mass is 400 g/mol. The van der Waals surface area contributed by atoms with Gasteiger partial charge in [-0.3, -0.25) is 9.59 Å². The van der Waals surface area contributed by atoms with Crippen LogP contribution in [0.2, 0.25) is 0 Å². The fourth-order valence-corrected chi connectivity index (χ4v) is 2.58. The predicted molar refractivity (Wildman–Crippen MR) is 103 cm³/mol. The van der Waals surface area contributed by atoms with Crippen molar-refractivity contribution in [2.24, 2.45) is 0 Å². The number of anilines is 3. The van der Waals surface area contributed by atoms with E-state index in [1.54, 1.807) is 6.07 Å². The van der Waals surface area contributed by atoms with E-state index in [1.165, 1.54) is 6.07 Å². The van der Waals surface area contributed by atoms with Crippen LogP contribution in [0.5, 0.6) is 0 Å². The molecule has 0 spiro atoms. The van der Waals surface area contributed by atoms with Gasteiger partial charge in [-0.25, -0.2) is 13.5 Å². The molecule has 4 N–H and O–H groups in total. The average molecular weight is 400 g/mol. The zero-order chi connectivity index (χ0) is 21.1. The van der Waals surface area contributed by atoms with E-state index < -0.39 is 23.4 Å². The van der Waals surface area contributed by atoms with Crippen molar-refractivity contribution in [1.82, 2.24) is 15.0 Å². The summed E-state index contributed by atoms with van der Waals surface area (Å²) in [6.45, 7) is 3.55. The van der Waals surface area contributed by atoms with Crippen molar-refractivity contribution in [3.8, 4) is 0 Å². The van der Waals surface area contributed by atoms with Gasteiger partial charge in [0.15, 0.2) is 23.1 Å². The van der Waals surface area contributed by atoms with Gasteiger partial charge in [0.1, 0.15) is 6.54 Å². The molecule has 2 amide bonds. The zero-order valence-corrected chi connectivity index (χ0v) is 15.7. The summed E-state index contributed by atoms with van der Waals surface area (Å²) in [4.78, 5) is 24.6. The Morgan fingerprint density at radius 2 is 1.86 bits per heavy atom. The minimum absolute atomic E-state index is 0.0236. The van der Waals surface area contributed by atoms with Gasteiger partial charge in [-0.15, -0.1) is 5.10 Å². The normalized spacial score (nSPS) is 10.6. The van der Waals surface area contributed by atoms with Crippen LogP contribution in [-0.4, -0.2) is 26.8 Å². The maximum absolute atomic E-state index is 13.3. The summed E-state index contributed by atoms with van der Waals surface area (Å²) in [5, 5.41) is 12.5. The number of aryl methyl sites for hydroxylation is 1. The molecule has 0 saturated carbocycles. The van der Waals surface area contributed by atoms with Crippen LogP contribution in [0.4, 0.5) is 26.0 Å². The number of rotatable bonds is 5. The minimum atomic E-state index is -1.11. The van der Waals surface area contributed by atoms with E-state index in [0.29, 0.717) is 5.69 Å². The molecule has 29 heavy (non-hydrogen) atoms. The molecule has 0 aliphatic rings. The Morgan fingerprint density at radius 1 is 1.10 bits per heavy atom. The molecule has 0 unspecified atom stereocenters. The Hall–Kier alpha value is -3.82. The first kappa shape index (κ1) is 19.9. The molecule has 1 heterocycles. The second kappa shape index (κ2) is 8.05. The second-order valence-electron chi connectivity index (χ2n) is 6.36. The van der Waals surface area contributed by atoms with Crippen LogP contribution in [0.25, 0.3) is 0 Å². The highest BCUT2D eigenvalue weighted by atomic mass is 19.2. The van der Waals surface area contributed by atoms with Gasteiger partial charge in [0.2, 0.25) is 5.91 Å². The number of aromatic nitrogens is 3. The van der Waals surface area contributed by atoms with Crippen molar-refractivity contribution >= 4 is 29.0 Å². The molecule has 3 aromatic rings. The molecular formula is C19H18F2N6O2. The Labute approximate surface area is 164 Å². The smallest absolute Gasteiger partial charge is 0.280 e. The Balaban J connectivity index is 1.69. The third kappa shape index (κ3) is 4.37. The molecule has 0 aliphatic carbocycles. The lowest BCUT2D eigenvalue weighted by Crippen LogP contribution is -2.22. The van der Waals surface area contributed by atoms with Crippen molar-refractivity contribution < 1.29 is 18.4 Å². The van der Waals surface area contributed by atoms with E-state index in [9.17, 15) is 18.4 Å². The highest BCUT2D eigenvalue weighted by Crippen LogP contribution is 2.19. The number of halogens is 2. The van der Waals surface area contributed by atoms with E-state index in [1.807, 2.05) is 26.0 Å². The maximum atomic E-state index is 13.3. The molecule has 1 aromatic heterocycles. The first-order valence-corrected chi connectivity index (χ1v) is 8.57. The lowest BCUT2D eigenvalue weighted by molar-refractivity contribution is -0.116. The molecule has 3 rings (SSSR count). The van der Waals surface area contributed by atoms with Crippen LogP contribution in [0.1, 0.15) is 21.6 Å². The van der Waals surface area contributed by atoms with E-state index in [2.05, 4.69) is 20.9 Å². The lowest BCUT2D eigenvalue weighted by atomic mass is 10.1. The molecule has 0 aliphatic heterocycles. The van der Waals surface area contributed by atoms with Crippen LogP contribution in [-0.2, 0) is 11.3 Å². The van der Waals surface area contributed by atoms with Crippen molar-refractivity contribution in [3.63, 3.8) is 0 Å². The number of hydrogen-bond acceptors (Lipinski definition) is 5. The fraction of sp³-hybridized carbons (Fsp3) is 0.158. The lowest BCUT2D eigenvalue weighted by Gasteiger charge is -2.10. The highest BCUT2D eigenvalue weighted by Gasteiger charge is 2.20. The number of nitrogens with two attached hydrogens (primary N) is 1. The molecule has 150 valence electrons. The fourth-order valence-electron chi connectivity index (χ4n) is 2.58. The quantitative estimate of drug-likeness (QED) is 0.609. The van der Waals surface area contributed by atoms with Crippen molar-refractivity contribution in [3.05, 3.63) is 64.9 Å². The van der Waals surface area contributed by atoms with Gasteiger partial charge in [-0.2, -0.15) is 0 Å². The highest BCUT2D eigenvalue weighted by molar-refractivity contribution is 6.05. The summed E-state index contributed by atoms with van der Waals surface area (Å²) in [6, 6.07) is 8.41. The minimum Gasteiger partial charge on any atom is -0.382 e. The predicted octanol–water partition coefficient (Wildman–Crippen LogP) is 2.65. The number of benzene rings is 2. The van der Waals surface area contributed by atoms with E-state index in [-0.39, 0.29) is 23.7 Å². The van der Waals surface area contributed by atoms with Crippen LogP contribution in [0.3, 0.4) is 0 Å². The summed E-state index contributed by atoms with van der Waals surface area (Å²) in [5.41, 5.74) is 8.27. The summed E-state index contributed by atoms with van der Waals surface area (Å²) in [6.07, 6.45) is 0. The first-order chi connectivity index (χ1) is 13.8. The third-order valence-electron chi connectivity index (χ3n) is 4.34. The van der Waals surface area contributed by atoms with E-state index in [0.717, 1.165) is 27.9 Å². The Morgan fingerprint density at radius 3 is 2.59 bits per heavy atom. The van der Waals surface area contributed by atoms with Crippen molar-refractivity contribution in [2.45, 2.75) is 20.4 Å². The van der Waals surface area contributed by atoms with Gasteiger partial charge in [-0.05, 0) is 43.2 Å². The SMILES string of the molecule is Cc1cccc(NC(=O)Cn2nnc(C(=O)Nc3ccc(F)c(F)c3)c2N)c1C. The van der Waals surface area contributed by atoms with Gasteiger partial charge < -0.3 is 16.4 Å². The largest absolute Gasteiger partial charge is 0.382 e. The van der Waals surface area contributed by atoms with Crippen LogP contribution in [0, 0.1) is 25.5 Å². The number of carbonyl (C=O) groups is 2. The molecule has 0 saturated heterocycles. The molecule has 0 atom stereocenters. The first-order valence-electron chi connectivity index (χ1n) is 8.57. The van der Waals surface area contributed by atoms with Crippen LogP contribution >= 0.6 is 0 Å². The Bertz CT molecular complexity index is 1100. The summed E-state index contributed by atoms with van der Waals surface area (Å²) >= 11 is 0. The van der Waals surface area contributed by atoms with Crippen LogP contribution < -0.4 is 16.4 Å². The molecule has 2 aromatic carbocycles. The summed E-state index contributed by atoms with van der Waals surface area (Å²) in [7, 11) is 0. The molecule has 0 radical (unpaired) electrons. The summed E-state index contributed by atoms with van der Waals surface area (Å²) in [5.74, 6) is -3.45. The maximum Gasteiger partial charge on any atom is 0.280 e. The van der Waals surface area contributed by atoms with Crippen molar-refractivity contribution in [1.29, 1.82) is 0 Å². The standard InChI is InChI=1S/C19H18F2N6O2/c1-10-4-3-5-15(11(10)2)24-16(28)9-27-18(22)17(25-26-27)19(29)23-12-6-7-13(20)14(21)8-12/h3-8H,9,22H2,1-2H3,(H,23,29)(H,24,28). The number of carbonyl (C=O) groups excluding carboxylic acids is 2. The molecule has 0 bridgehead atoms. The van der Waals surface area contributed by atoms with E-state index >= 15 is 0 Å². The van der Waals surface area contributed by atoms with Gasteiger partial charge in [0.05, 0.1) is 0 Å². The average Bonchev–Trinajstić information content (AvgIpc) is 3.02. The van der Waals surface area contributed by atoms with Gasteiger partial charge >= 0.3 is 0 Å². The second-order valence-corrected chi connectivity index (χ2v) is 6.36. The molecule has 0 fully saturated rings.